The van der Waals surface area contributed by atoms with Gasteiger partial charge in [-0.1, -0.05) is 12.2 Å². The Kier molecular flexibility index (Phi) is 4.01. The highest BCUT2D eigenvalue weighted by Crippen LogP contribution is 2.48. The zero-order valence-corrected chi connectivity index (χ0v) is 10.6. The summed E-state index contributed by atoms with van der Waals surface area (Å²) in [6, 6.07) is 0. The van der Waals surface area contributed by atoms with E-state index in [1.807, 2.05) is 12.2 Å². The van der Waals surface area contributed by atoms with Crippen LogP contribution in [0, 0.1) is 23.7 Å². The van der Waals surface area contributed by atoms with Gasteiger partial charge in [-0.2, -0.15) is 0 Å². The molecule has 1 saturated carbocycles. The van der Waals surface area contributed by atoms with Gasteiger partial charge in [0.05, 0.1) is 25.6 Å². The van der Waals surface area contributed by atoms with Gasteiger partial charge in [0.2, 0.25) is 0 Å². The molecule has 0 aromatic rings. The summed E-state index contributed by atoms with van der Waals surface area (Å²) >= 11 is 0. The lowest BCUT2D eigenvalue weighted by Crippen LogP contribution is -2.35. The summed E-state index contributed by atoms with van der Waals surface area (Å²) in [7, 11) is 2.90. The summed E-state index contributed by atoms with van der Waals surface area (Å²) < 4.78 is 14.8. The van der Waals surface area contributed by atoms with Crippen molar-refractivity contribution < 1.29 is 23.8 Å². The largest absolute Gasteiger partial charge is 0.469 e. The third-order valence-electron chi connectivity index (χ3n) is 3.74. The molecular weight excluding hydrogens is 236 g/mol. The van der Waals surface area contributed by atoms with E-state index in [-0.39, 0.29) is 36.3 Å². The molecule has 0 spiro atoms. The van der Waals surface area contributed by atoms with Gasteiger partial charge in [0, 0.05) is 7.11 Å². The predicted molar refractivity (Wildman–Crippen MR) is 62.6 cm³/mol. The summed E-state index contributed by atoms with van der Waals surface area (Å²) in [6.07, 6.45) is 4.85. The van der Waals surface area contributed by atoms with Gasteiger partial charge in [-0.3, -0.25) is 9.59 Å². The summed E-state index contributed by atoms with van der Waals surface area (Å²) in [5, 5.41) is 0. The van der Waals surface area contributed by atoms with E-state index in [0.717, 1.165) is 6.42 Å². The van der Waals surface area contributed by atoms with Gasteiger partial charge in [-0.15, -0.1) is 0 Å². The molecule has 2 aliphatic rings. The van der Waals surface area contributed by atoms with Crippen LogP contribution in [-0.2, 0) is 23.8 Å². The minimum atomic E-state index is -0.399. The highest BCUT2D eigenvalue weighted by atomic mass is 16.6. The van der Waals surface area contributed by atoms with Gasteiger partial charge in [-0.05, 0) is 18.3 Å². The van der Waals surface area contributed by atoms with Crippen LogP contribution in [0.15, 0.2) is 12.2 Å². The van der Waals surface area contributed by atoms with Gasteiger partial charge >= 0.3 is 11.9 Å². The molecule has 0 aromatic carbocycles. The topological polar surface area (TPSA) is 61.8 Å². The van der Waals surface area contributed by atoms with Crippen molar-refractivity contribution in [2.75, 3.05) is 27.4 Å². The lowest BCUT2D eigenvalue weighted by molar-refractivity contribution is -0.160. The second-order valence-corrected chi connectivity index (χ2v) is 4.68. The van der Waals surface area contributed by atoms with Crippen molar-refractivity contribution in [1.29, 1.82) is 0 Å². The second kappa shape index (κ2) is 5.52. The van der Waals surface area contributed by atoms with Crippen molar-refractivity contribution in [3.8, 4) is 0 Å². The monoisotopic (exact) mass is 254 g/mol. The molecule has 0 heterocycles. The predicted octanol–water partition coefficient (Wildman–Crippen LogP) is 0.787. The Morgan fingerprint density at radius 1 is 1.06 bits per heavy atom. The standard InChI is InChI=1S/C13H18O5/c1-16-5-6-18-13(15)11-9-4-3-8(7-9)10(11)12(14)17-2/h3-4,8-11H,5-7H2,1-2H3. The number of esters is 2. The maximum absolute atomic E-state index is 12.0. The Balaban J connectivity index is 2.03. The highest BCUT2D eigenvalue weighted by molar-refractivity contribution is 5.84. The van der Waals surface area contributed by atoms with E-state index in [2.05, 4.69) is 0 Å². The lowest BCUT2D eigenvalue weighted by Gasteiger charge is -2.24. The van der Waals surface area contributed by atoms with E-state index >= 15 is 0 Å². The zero-order valence-electron chi connectivity index (χ0n) is 10.6. The van der Waals surface area contributed by atoms with Crippen molar-refractivity contribution in [3.63, 3.8) is 0 Å². The number of rotatable bonds is 5. The Labute approximate surface area is 106 Å². The van der Waals surface area contributed by atoms with E-state index in [1.54, 1.807) is 7.11 Å². The number of carbonyl (C=O) groups excluding carboxylic acids is 2. The SMILES string of the molecule is COCCOC(=O)C1C2C=CC(C2)C1C(=O)OC. The van der Waals surface area contributed by atoms with E-state index in [9.17, 15) is 9.59 Å². The number of ether oxygens (including phenoxy) is 3. The fourth-order valence-corrected chi connectivity index (χ4v) is 2.92. The van der Waals surface area contributed by atoms with Crippen molar-refractivity contribution in [3.05, 3.63) is 12.2 Å². The average Bonchev–Trinajstić information content (AvgIpc) is 2.98. The minimum Gasteiger partial charge on any atom is -0.469 e. The third-order valence-corrected chi connectivity index (χ3v) is 3.74. The number of allylic oxidation sites excluding steroid dienone is 2. The number of hydrogen-bond donors (Lipinski definition) is 0. The normalized spacial score (nSPS) is 32.6. The van der Waals surface area contributed by atoms with Crippen molar-refractivity contribution >= 4 is 11.9 Å². The molecule has 5 nitrogen and oxygen atoms in total. The van der Waals surface area contributed by atoms with Crippen LogP contribution in [0.4, 0.5) is 0 Å². The molecule has 0 radical (unpaired) electrons. The first-order valence-corrected chi connectivity index (χ1v) is 6.10. The first-order chi connectivity index (χ1) is 8.69. The van der Waals surface area contributed by atoms with Crippen LogP contribution in [0.2, 0.25) is 0 Å². The number of methoxy groups -OCH3 is 2. The van der Waals surface area contributed by atoms with Crippen LogP contribution in [-0.4, -0.2) is 39.4 Å². The summed E-state index contributed by atoms with van der Waals surface area (Å²) in [5.41, 5.74) is 0. The molecule has 18 heavy (non-hydrogen) atoms. The zero-order chi connectivity index (χ0) is 13.1. The molecule has 0 aliphatic heterocycles. The molecule has 100 valence electrons. The molecule has 4 atom stereocenters. The molecule has 0 saturated heterocycles. The van der Waals surface area contributed by atoms with Crippen LogP contribution >= 0.6 is 0 Å². The number of carbonyl (C=O) groups is 2. The summed E-state index contributed by atoms with van der Waals surface area (Å²) in [6.45, 7) is 0.589. The van der Waals surface area contributed by atoms with Crippen LogP contribution < -0.4 is 0 Å². The molecule has 2 aliphatic carbocycles. The Hall–Kier alpha value is -1.36. The molecule has 2 bridgehead atoms. The van der Waals surface area contributed by atoms with Gasteiger partial charge in [0.25, 0.3) is 0 Å². The first-order valence-electron chi connectivity index (χ1n) is 6.10. The molecule has 5 heteroatoms. The molecule has 2 rings (SSSR count). The maximum Gasteiger partial charge on any atom is 0.310 e. The van der Waals surface area contributed by atoms with Crippen molar-refractivity contribution in [2.24, 2.45) is 23.7 Å². The molecule has 0 aromatic heterocycles. The summed E-state index contributed by atoms with van der Waals surface area (Å²) in [5.74, 6) is -1.21. The van der Waals surface area contributed by atoms with E-state index in [1.165, 1.54) is 7.11 Å². The number of fused-ring (bicyclic) bond motifs is 2. The second-order valence-electron chi connectivity index (χ2n) is 4.68. The van der Waals surface area contributed by atoms with Gasteiger partial charge in [0.15, 0.2) is 0 Å². The quantitative estimate of drug-likeness (QED) is 0.412. The van der Waals surface area contributed by atoms with E-state index < -0.39 is 5.92 Å². The van der Waals surface area contributed by atoms with Gasteiger partial charge in [-0.25, -0.2) is 0 Å². The Morgan fingerprint density at radius 3 is 2.22 bits per heavy atom. The fraction of sp³-hybridized carbons (Fsp3) is 0.692. The van der Waals surface area contributed by atoms with Gasteiger partial charge in [0.1, 0.15) is 6.61 Å². The van der Waals surface area contributed by atoms with Gasteiger partial charge < -0.3 is 14.2 Å². The minimum absolute atomic E-state index is 0.106. The molecule has 0 amide bonds. The molecule has 4 unspecified atom stereocenters. The summed E-state index contributed by atoms with van der Waals surface area (Å²) in [4.78, 5) is 23.8. The molecule has 1 fully saturated rings. The smallest absolute Gasteiger partial charge is 0.310 e. The van der Waals surface area contributed by atoms with Crippen LogP contribution in [0.3, 0.4) is 0 Å². The first kappa shape index (κ1) is 13.1. The highest BCUT2D eigenvalue weighted by Gasteiger charge is 2.52. The van der Waals surface area contributed by atoms with Crippen molar-refractivity contribution in [1.82, 2.24) is 0 Å². The third kappa shape index (κ3) is 2.27. The fourth-order valence-electron chi connectivity index (χ4n) is 2.92. The van der Waals surface area contributed by atoms with E-state index in [0.29, 0.717) is 6.61 Å². The molecular formula is C13H18O5. The van der Waals surface area contributed by atoms with E-state index in [4.69, 9.17) is 14.2 Å². The maximum atomic E-state index is 12.0. The number of hydrogen-bond acceptors (Lipinski definition) is 5. The molecule has 0 N–H and O–H groups in total. The Morgan fingerprint density at radius 2 is 1.67 bits per heavy atom. The van der Waals surface area contributed by atoms with Crippen LogP contribution in [0.25, 0.3) is 0 Å². The van der Waals surface area contributed by atoms with Crippen LogP contribution in [0.1, 0.15) is 6.42 Å². The Bertz CT molecular complexity index is 362. The average molecular weight is 254 g/mol. The van der Waals surface area contributed by atoms with Crippen molar-refractivity contribution in [2.45, 2.75) is 6.42 Å². The van der Waals surface area contributed by atoms with Crippen LogP contribution in [0.5, 0.6) is 0 Å². The lowest BCUT2D eigenvalue weighted by atomic mass is 9.83.